The summed E-state index contributed by atoms with van der Waals surface area (Å²) in [5.74, 6) is -3.58. The lowest BCUT2D eigenvalue weighted by Crippen LogP contribution is -2.41. The van der Waals surface area contributed by atoms with Crippen LogP contribution in [0.3, 0.4) is 0 Å². The summed E-state index contributed by atoms with van der Waals surface area (Å²) in [6.45, 7) is 0.312. The second-order valence-corrected chi connectivity index (χ2v) is 10.4. The summed E-state index contributed by atoms with van der Waals surface area (Å²) in [5, 5.41) is 2.22. The van der Waals surface area contributed by atoms with E-state index in [1.807, 2.05) is 0 Å². The Hall–Kier alpha value is -4.82. The molecule has 3 N–H and O–H groups in total. The van der Waals surface area contributed by atoms with Crippen LogP contribution in [0.15, 0.2) is 36.7 Å². The minimum absolute atomic E-state index is 0.0133. The van der Waals surface area contributed by atoms with E-state index in [0.29, 0.717) is 31.9 Å². The highest BCUT2D eigenvalue weighted by Gasteiger charge is 2.39. The van der Waals surface area contributed by atoms with Crippen LogP contribution in [0, 0.1) is 11.8 Å². The molecule has 224 valence electrons. The van der Waals surface area contributed by atoms with Gasteiger partial charge in [0.1, 0.15) is 40.2 Å². The Bertz CT molecular complexity index is 1770. The number of carbonyl (C=O) groups is 2. The minimum Gasteiger partial charge on any atom is -0.496 e. The average molecular weight is 602 g/mol. The van der Waals surface area contributed by atoms with Crippen molar-refractivity contribution in [2.45, 2.75) is 43.8 Å². The van der Waals surface area contributed by atoms with Gasteiger partial charge >= 0.3 is 6.18 Å². The maximum absolute atomic E-state index is 15.9. The molecule has 6 rings (SSSR count). The molecule has 10 nitrogen and oxygen atoms in total. The standard InChI is InChI=1S/C28H24F5N7O3/c1-43-18-9-14(27(42)37-20-10-15(6-7-35-20)28(31,32)33)8-17(29)22(18)23-24-25(34)36-11-19(30)40(24)26(38-23)13-2-3-16-4-5-21(41)39(16)12-13/h6-11,13,16H,2-5,12H2,1H3,(H2,34,36)(H,35,37,42). The predicted octanol–water partition coefficient (Wildman–Crippen LogP) is 4.80. The Labute approximate surface area is 240 Å². The van der Waals surface area contributed by atoms with Crippen molar-refractivity contribution in [1.82, 2.24) is 24.3 Å². The third kappa shape index (κ3) is 4.97. The van der Waals surface area contributed by atoms with E-state index >= 15 is 8.78 Å². The van der Waals surface area contributed by atoms with Crippen molar-refractivity contribution >= 4 is 29.0 Å². The number of fused-ring (bicyclic) bond motifs is 2. The van der Waals surface area contributed by atoms with Crippen molar-refractivity contribution in [3.8, 4) is 17.0 Å². The number of nitrogens with zero attached hydrogens (tertiary/aromatic N) is 5. The lowest BCUT2D eigenvalue weighted by Gasteiger charge is -2.34. The lowest BCUT2D eigenvalue weighted by molar-refractivity contribution is -0.137. The van der Waals surface area contributed by atoms with Crippen LogP contribution in [0.1, 0.15) is 53.3 Å². The van der Waals surface area contributed by atoms with Gasteiger partial charge in [0, 0.05) is 36.7 Å². The maximum atomic E-state index is 15.9. The number of pyridine rings is 1. The number of aromatic nitrogens is 4. The molecule has 2 aliphatic rings. The summed E-state index contributed by atoms with van der Waals surface area (Å²) in [5.41, 5.74) is 4.49. The van der Waals surface area contributed by atoms with E-state index in [9.17, 15) is 22.8 Å². The molecule has 3 aromatic heterocycles. The normalized spacial score (nSPS) is 18.7. The molecule has 43 heavy (non-hydrogen) atoms. The molecule has 2 aliphatic heterocycles. The molecule has 1 aromatic carbocycles. The molecule has 0 aliphatic carbocycles. The van der Waals surface area contributed by atoms with Crippen molar-refractivity contribution < 1.29 is 36.3 Å². The van der Waals surface area contributed by atoms with Gasteiger partial charge in [-0.25, -0.2) is 19.3 Å². The van der Waals surface area contributed by atoms with Gasteiger partial charge in [0.2, 0.25) is 11.9 Å². The van der Waals surface area contributed by atoms with Gasteiger partial charge in [-0.3, -0.25) is 14.0 Å². The van der Waals surface area contributed by atoms with E-state index in [1.54, 1.807) is 4.90 Å². The second-order valence-electron chi connectivity index (χ2n) is 10.4. The van der Waals surface area contributed by atoms with Crippen LogP contribution in [0.25, 0.3) is 16.8 Å². The number of halogens is 5. The molecule has 0 spiro atoms. The van der Waals surface area contributed by atoms with Crippen molar-refractivity contribution in [2.75, 3.05) is 24.7 Å². The number of carbonyl (C=O) groups excluding carboxylic acids is 2. The summed E-state index contributed by atoms with van der Waals surface area (Å²) in [6.07, 6.45) is -0.341. The zero-order valence-electron chi connectivity index (χ0n) is 22.6. The van der Waals surface area contributed by atoms with Crippen LogP contribution in [-0.4, -0.2) is 55.8 Å². The molecule has 2 saturated heterocycles. The van der Waals surface area contributed by atoms with Crippen LogP contribution in [0.2, 0.25) is 0 Å². The smallest absolute Gasteiger partial charge is 0.416 e. The highest BCUT2D eigenvalue weighted by Crippen LogP contribution is 2.42. The molecule has 2 unspecified atom stereocenters. The molecular formula is C28H24F5N7O3. The Morgan fingerprint density at radius 1 is 1.14 bits per heavy atom. The fraction of sp³-hybridized carbons (Fsp3) is 0.321. The molecule has 2 atom stereocenters. The Morgan fingerprint density at radius 2 is 1.93 bits per heavy atom. The summed E-state index contributed by atoms with van der Waals surface area (Å²) >= 11 is 0. The molecule has 0 bridgehead atoms. The van der Waals surface area contributed by atoms with Crippen molar-refractivity contribution in [2.24, 2.45) is 0 Å². The van der Waals surface area contributed by atoms with Crippen molar-refractivity contribution in [1.29, 1.82) is 0 Å². The number of nitrogens with two attached hydrogens (primary N) is 1. The molecule has 15 heteroatoms. The molecule has 0 radical (unpaired) electrons. The van der Waals surface area contributed by atoms with Gasteiger partial charge in [-0.05, 0) is 43.5 Å². The first-order valence-corrected chi connectivity index (χ1v) is 13.3. The Kier molecular flexibility index (Phi) is 6.89. The number of nitrogens with one attached hydrogen (secondary N) is 1. The number of imidazole rings is 1. The first-order valence-electron chi connectivity index (χ1n) is 13.3. The van der Waals surface area contributed by atoms with Gasteiger partial charge in [-0.1, -0.05) is 0 Å². The third-order valence-corrected chi connectivity index (χ3v) is 7.85. The summed E-state index contributed by atoms with van der Waals surface area (Å²) in [7, 11) is 1.22. The van der Waals surface area contributed by atoms with E-state index in [1.165, 1.54) is 13.2 Å². The largest absolute Gasteiger partial charge is 0.496 e. The summed E-state index contributed by atoms with van der Waals surface area (Å²) in [6, 6.07) is 3.53. The highest BCUT2D eigenvalue weighted by atomic mass is 19.4. The maximum Gasteiger partial charge on any atom is 0.416 e. The Balaban J connectivity index is 1.40. The van der Waals surface area contributed by atoms with E-state index in [2.05, 4.69) is 20.3 Å². The van der Waals surface area contributed by atoms with Crippen LogP contribution in [-0.2, 0) is 11.0 Å². The van der Waals surface area contributed by atoms with Gasteiger partial charge < -0.3 is 20.7 Å². The van der Waals surface area contributed by atoms with Crippen LogP contribution in [0.5, 0.6) is 5.75 Å². The van der Waals surface area contributed by atoms with Gasteiger partial charge in [-0.15, -0.1) is 0 Å². The zero-order chi connectivity index (χ0) is 30.6. The third-order valence-electron chi connectivity index (χ3n) is 7.85. The van der Waals surface area contributed by atoms with Gasteiger partial charge in [0.05, 0.1) is 24.4 Å². The number of alkyl halides is 3. The summed E-state index contributed by atoms with van der Waals surface area (Å²) in [4.78, 5) is 39.3. The zero-order valence-corrected chi connectivity index (χ0v) is 22.6. The fourth-order valence-electron chi connectivity index (χ4n) is 5.82. The second kappa shape index (κ2) is 10.5. The molecular weight excluding hydrogens is 577 g/mol. The number of benzene rings is 1. The van der Waals surface area contributed by atoms with Crippen LogP contribution in [0.4, 0.5) is 33.6 Å². The van der Waals surface area contributed by atoms with Crippen LogP contribution < -0.4 is 15.8 Å². The number of nitrogen functional groups attached to an aromatic ring is 1. The van der Waals surface area contributed by atoms with Gasteiger partial charge in [0.25, 0.3) is 5.91 Å². The van der Waals surface area contributed by atoms with E-state index in [0.717, 1.165) is 35.3 Å². The molecule has 0 saturated carbocycles. The molecule has 4 aromatic rings. The number of rotatable bonds is 5. The number of hydrogen-bond acceptors (Lipinski definition) is 7. The van der Waals surface area contributed by atoms with Gasteiger partial charge in [0.15, 0.2) is 0 Å². The first-order chi connectivity index (χ1) is 20.5. The number of amides is 2. The summed E-state index contributed by atoms with van der Waals surface area (Å²) < 4.78 is 76.9. The first kappa shape index (κ1) is 28.3. The Morgan fingerprint density at radius 3 is 2.67 bits per heavy atom. The highest BCUT2D eigenvalue weighted by molar-refractivity contribution is 6.05. The number of methoxy groups -OCH3 is 1. The number of hydrogen-bond donors (Lipinski definition) is 2. The van der Waals surface area contributed by atoms with E-state index in [-0.39, 0.29) is 57.6 Å². The lowest BCUT2D eigenvalue weighted by atomic mass is 9.92. The van der Waals surface area contributed by atoms with Crippen LogP contribution >= 0.6 is 0 Å². The SMILES string of the molecule is COc1cc(C(=O)Nc2cc(C(F)(F)F)ccn2)cc(F)c1-c1nc(C2CCC3CCC(=O)N3C2)n2c(F)cnc(N)c12. The quantitative estimate of drug-likeness (QED) is 0.315. The number of piperidine rings is 1. The minimum atomic E-state index is -4.66. The molecule has 2 amide bonds. The monoisotopic (exact) mass is 601 g/mol. The number of ether oxygens (including phenoxy) is 1. The predicted molar refractivity (Wildman–Crippen MR) is 143 cm³/mol. The van der Waals surface area contributed by atoms with Crippen molar-refractivity contribution in [3.05, 3.63) is 65.4 Å². The topological polar surface area (TPSA) is 128 Å². The fourth-order valence-corrected chi connectivity index (χ4v) is 5.82. The van der Waals surface area contributed by atoms with E-state index in [4.69, 9.17) is 10.5 Å². The van der Waals surface area contributed by atoms with E-state index < -0.39 is 35.2 Å². The van der Waals surface area contributed by atoms with Gasteiger partial charge in [-0.2, -0.15) is 17.6 Å². The van der Waals surface area contributed by atoms with Crippen molar-refractivity contribution in [3.63, 3.8) is 0 Å². The number of anilines is 2. The molecule has 2 fully saturated rings. The molecule has 5 heterocycles. The average Bonchev–Trinajstić information content (AvgIpc) is 3.55.